The van der Waals surface area contributed by atoms with Gasteiger partial charge in [-0.2, -0.15) is 0 Å². The fraction of sp³-hybridized carbons (Fsp3) is 0.429. The summed E-state index contributed by atoms with van der Waals surface area (Å²) >= 11 is 0. The molecule has 2 aromatic rings. The Morgan fingerprint density at radius 1 is 1.33 bits per heavy atom. The molecule has 94 valence electrons. The highest BCUT2D eigenvalue weighted by Crippen LogP contribution is 2.17. The van der Waals surface area contributed by atoms with Crippen LogP contribution in [0.5, 0.6) is 0 Å². The molecule has 0 spiro atoms. The van der Waals surface area contributed by atoms with Gasteiger partial charge >= 0.3 is 0 Å². The third-order valence-electron chi connectivity index (χ3n) is 3.56. The van der Waals surface area contributed by atoms with Crippen molar-refractivity contribution in [2.45, 2.75) is 38.3 Å². The van der Waals surface area contributed by atoms with Crippen LogP contribution in [0.15, 0.2) is 30.6 Å². The van der Waals surface area contributed by atoms with E-state index in [1.165, 1.54) is 12.8 Å². The van der Waals surface area contributed by atoms with Crippen molar-refractivity contribution in [1.29, 1.82) is 0 Å². The highest BCUT2D eigenvalue weighted by molar-refractivity contribution is 5.80. The van der Waals surface area contributed by atoms with Crippen LogP contribution in [0.25, 0.3) is 11.0 Å². The highest BCUT2D eigenvalue weighted by atomic mass is 16.2. The van der Waals surface area contributed by atoms with Crippen molar-refractivity contribution in [1.82, 2.24) is 14.9 Å². The average molecular weight is 243 g/mol. The molecule has 1 aliphatic carbocycles. The molecule has 4 nitrogen and oxygen atoms in total. The zero-order valence-electron chi connectivity index (χ0n) is 10.3. The van der Waals surface area contributed by atoms with Gasteiger partial charge in [0.15, 0.2) is 0 Å². The quantitative estimate of drug-likeness (QED) is 0.897. The monoisotopic (exact) mass is 243 g/mol. The van der Waals surface area contributed by atoms with Gasteiger partial charge in [0, 0.05) is 6.04 Å². The lowest BCUT2D eigenvalue weighted by Gasteiger charge is -2.12. The van der Waals surface area contributed by atoms with E-state index in [2.05, 4.69) is 10.3 Å². The summed E-state index contributed by atoms with van der Waals surface area (Å²) < 4.78 is 1.90. The van der Waals surface area contributed by atoms with Gasteiger partial charge < -0.3 is 9.88 Å². The molecule has 0 atom stereocenters. The van der Waals surface area contributed by atoms with Gasteiger partial charge in [-0.3, -0.25) is 4.79 Å². The topological polar surface area (TPSA) is 46.9 Å². The van der Waals surface area contributed by atoms with Crippen molar-refractivity contribution in [3.05, 3.63) is 30.6 Å². The fourth-order valence-corrected chi connectivity index (χ4v) is 2.63. The average Bonchev–Trinajstić information content (AvgIpc) is 3.00. The third kappa shape index (κ3) is 2.23. The van der Waals surface area contributed by atoms with E-state index in [4.69, 9.17) is 0 Å². The van der Waals surface area contributed by atoms with Crippen molar-refractivity contribution in [3.8, 4) is 0 Å². The Bertz CT molecular complexity index is 555. The van der Waals surface area contributed by atoms with Crippen molar-refractivity contribution in [2.24, 2.45) is 0 Å². The Kier molecular flexibility index (Phi) is 3.00. The molecule has 1 aliphatic rings. The molecular weight excluding hydrogens is 226 g/mol. The largest absolute Gasteiger partial charge is 0.352 e. The molecule has 18 heavy (non-hydrogen) atoms. The molecule has 0 radical (unpaired) electrons. The predicted octanol–water partition coefficient (Wildman–Crippen LogP) is 2.10. The molecule has 1 aromatic carbocycles. The molecule has 3 rings (SSSR count). The minimum atomic E-state index is 0.0880. The zero-order valence-corrected chi connectivity index (χ0v) is 10.3. The Morgan fingerprint density at radius 2 is 2.11 bits per heavy atom. The Morgan fingerprint density at radius 3 is 2.94 bits per heavy atom. The second-order valence-corrected chi connectivity index (χ2v) is 4.91. The molecule has 0 saturated heterocycles. The van der Waals surface area contributed by atoms with E-state index in [-0.39, 0.29) is 5.91 Å². The van der Waals surface area contributed by atoms with Crippen LogP contribution in [-0.2, 0) is 11.3 Å². The first kappa shape index (κ1) is 11.3. The van der Waals surface area contributed by atoms with E-state index >= 15 is 0 Å². The van der Waals surface area contributed by atoms with Crippen LogP contribution in [0.4, 0.5) is 0 Å². The van der Waals surface area contributed by atoms with Crippen LogP contribution in [0, 0.1) is 0 Å². The standard InChI is InChI=1S/C14H17N3O/c18-14(16-11-5-1-2-6-11)9-17-10-15-12-7-3-4-8-13(12)17/h3-4,7-8,10-11H,1-2,5-6,9H2,(H,16,18). The maximum absolute atomic E-state index is 12.0. The maximum Gasteiger partial charge on any atom is 0.240 e. The highest BCUT2D eigenvalue weighted by Gasteiger charge is 2.17. The third-order valence-corrected chi connectivity index (χ3v) is 3.56. The van der Waals surface area contributed by atoms with Gasteiger partial charge in [-0.1, -0.05) is 25.0 Å². The molecule has 0 bridgehead atoms. The van der Waals surface area contributed by atoms with Gasteiger partial charge in [0.25, 0.3) is 0 Å². The molecule has 0 unspecified atom stereocenters. The van der Waals surface area contributed by atoms with Crippen LogP contribution in [-0.4, -0.2) is 21.5 Å². The minimum Gasteiger partial charge on any atom is -0.352 e. The van der Waals surface area contributed by atoms with Gasteiger partial charge in [-0.05, 0) is 25.0 Å². The van der Waals surface area contributed by atoms with E-state index in [9.17, 15) is 4.79 Å². The number of aromatic nitrogens is 2. The van der Waals surface area contributed by atoms with Gasteiger partial charge in [0.2, 0.25) is 5.91 Å². The fourth-order valence-electron chi connectivity index (χ4n) is 2.63. The summed E-state index contributed by atoms with van der Waals surface area (Å²) in [4.78, 5) is 16.2. The normalized spacial score (nSPS) is 16.2. The summed E-state index contributed by atoms with van der Waals surface area (Å²) in [5, 5.41) is 3.09. The number of fused-ring (bicyclic) bond motifs is 1. The number of para-hydroxylation sites is 2. The first-order valence-corrected chi connectivity index (χ1v) is 6.52. The number of nitrogens with zero attached hydrogens (tertiary/aromatic N) is 2. The molecule has 1 amide bonds. The molecule has 1 heterocycles. The summed E-state index contributed by atoms with van der Waals surface area (Å²) in [6, 6.07) is 8.26. The van der Waals surface area contributed by atoms with Crippen molar-refractivity contribution in [2.75, 3.05) is 0 Å². The summed E-state index contributed by atoms with van der Waals surface area (Å²) in [6.07, 6.45) is 6.45. The number of hydrogen-bond acceptors (Lipinski definition) is 2. The second-order valence-electron chi connectivity index (χ2n) is 4.91. The number of rotatable bonds is 3. The van der Waals surface area contributed by atoms with Crippen LogP contribution in [0.3, 0.4) is 0 Å². The minimum absolute atomic E-state index is 0.0880. The summed E-state index contributed by atoms with van der Waals surface area (Å²) in [6.45, 7) is 0.358. The lowest BCUT2D eigenvalue weighted by molar-refractivity contribution is -0.122. The van der Waals surface area contributed by atoms with Crippen LogP contribution in [0.2, 0.25) is 0 Å². The molecule has 1 aromatic heterocycles. The molecule has 1 saturated carbocycles. The van der Waals surface area contributed by atoms with Crippen molar-refractivity contribution < 1.29 is 4.79 Å². The van der Waals surface area contributed by atoms with Crippen molar-refractivity contribution >= 4 is 16.9 Å². The molecule has 0 aliphatic heterocycles. The van der Waals surface area contributed by atoms with E-state index in [0.717, 1.165) is 23.9 Å². The lowest BCUT2D eigenvalue weighted by Crippen LogP contribution is -2.35. The number of benzene rings is 1. The van der Waals surface area contributed by atoms with E-state index < -0.39 is 0 Å². The van der Waals surface area contributed by atoms with Crippen molar-refractivity contribution in [3.63, 3.8) is 0 Å². The van der Waals surface area contributed by atoms with Gasteiger partial charge in [-0.15, -0.1) is 0 Å². The maximum atomic E-state index is 12.0. The first-order valence-electron chi connectivity index (χ1n) is 6.52. The molecule has 1 N–H and O–H groups in total. The summed E-state index contributed by atoms with van der Waals surface area (Å²) in [5.41, 5.74) is 1.95. The molecule has 1 fully saturated rings. The Hall–Kier alpha value is -1.84. The summed E-state index contributed by atoms with van der Waals surface area (Å²) in [7, 11) is 0. The van der Waals surface area contributed by atoms with E-state index in [0.29, 0.717) is 12.6 Å². The Balaban J connectivity index is 1.70. The smallest absolute Gasteiger partial charge is 0.240 e. The Labute approximate surface area is 106 Å². The SMILES string of the molecule is O=C(Cn1cnc2ccccc21)NC1CCCC1. The van der Waals surface area contributed by atoms with Crippen LogP contribution in [0.1, 0.15) is 25.7 Å². The van der Waals surface area contributed by atoms with E-state index in [1.807, 2.05) is 28.8 Å². The van der Waals surface area contributed by atoms with Gasteiger partial charge in [0.05, 0.1) is 17.4 Å². The number of amides is 1. The molecule has 4 heteroatoms. The molecular formula is C14H17N3O. The van der Waals surface area contributed by atoms with Crippen LogP contribution >= 0.6 is 0 Å². The van der Waals surface area contributed by atoms with Crippen LogP contribution < -0.4 is 5.32 Å². The number of imidazole rings is 1. The number of carbonyl (C=O) groups excluding carboxylic acids is 1. The lowest BCUT2D eigenvalue weighted by atomic mass is 10.2. The first-order chi connectivity index (χ1) is 8.83. The van der Waals surface area contributed by atoms with E-state index in [1.54, 1.807) is 6.33 Å². The predicted molar refractivity (Wildman–Crippen MR) is 70.1 cm³/mol. The summed E-state index contributed by atoms with van der Waals surface area (Å²) in [5.74, 6) is 0.0880. The number of hydrogen-bond donors (Lipinski definition) is 1. The number of carbonyl (C=O) groups is 1. The zero-order chi connectivity index (χ0) is 12.4. The number of nitrogens with one attached hydrogen (secondary N) is 1. The second kappa shape index (κ2) is 4.80. The van der Waals surface area contributed by atoms with Gasteiger partial charge in [-0.25, -0.2) is 4.98 Å². The van der Waals surface area contributed by atoms with Gasteiger partial charge in [0.1, 0.15) is 6.54 Å².